The lowest BCUT2D eigenvalue weighted by Gasteiger charge is -2.20. The highest BCUT2D eigenvalue weighted by Crippen LogP contribution is 2.22. The molecule has 0 radical (unpaired) electrons. The molecule has 0 N–H and O–H groups in total. The van der Waals surface area contributed by atoms with E-state index in [1.54, 1.807) is 11.9 Å². The first-order valence-corrected chi connectivity index (χ1v) is 7.32. The highest BCUT2D eigenvalue weighted by Gasteiger charge is 2.13. The second kappa shape index (κ2) is 7.46. The topological polar surface area (TPSA) is 32.8 Å². The highest BCUT2D eigenvalue weighted by atomic mass is 16.6. The summed E-state index contributed by atoms with van der Waals surface area (Å²) in [6, 6.07) is 8.24. The standard InChI is InChI=1S/C17H28N2O2/c1-17(2,3)15-9-7-14(8-10-15)13-21-16(20)19(6)12-11-18(4)5/h7-10H,11-13H2,1-6H3. The zero-order valence-corrected chi connectivity index (χ0v) is 14.1. The number of ether oxygens (including phenoxy) is 1. The van der Waals surface area contributed by atoms with E-state index >= 15 is 0 Å². The van der Waals surface area contributed by atoms with Crippen molar-refractivity contribution in [3.8, 4) is 0 Å². The molecule has 1 amide bonds. The second-order valence-electron chi connectivity index (χ2n) is 6.73. The molecule has 0 bridgehead atoms. The Hall–Kier alpha value is -1.55. The van der Waals surface area contributed by atoms with Crippen LogP contribution < -0.4 is 0 Å². The Morgan fingerprint density at radius 2 is 1.62 bits per heavy atom. The quantitative estimate of drug-likeness (QED) is 0.836. The van der Waals surface area contributed by atoms with Gasteiger partial charge >= 0.3 is 6.09 Å². The Kier molecular flexibility index (Phi) is 6.21. The van der Waals surface area contributed by atoms with Gasteiger partial charge in [-0.2, -0.15) is 0 Å². The van der Waals surface area contributed by atoms with Gasteiger partial charge in [0, 0.05) is 20.1 Å². The molecular weight excluding hydrogens is 264 g/mol. The van der Waals surface area contributed by atoms with Crippen LogP contribution in [0.1, 0.15) is 31.9 Å². The van der Waals surface area contributed by atoms with E-state index in [0.717, 1.165) is 12.1 Å². The minimum atomic E-state index is -0.281. The summed E-state index contributed by atoms with van der Waals surface area (Å²) in [5.41, 5.74) is 2.43. The second-order valence-corrected chi connectivity index (χ2v) is 6.73. The summed E-state index contributed by atoms with van der Waals surface area (Å²) >= 11 is 0. The number of hydrogen-bond donors (Lipinski definition) is 0. The minimum absolute atomic E-state index is 0.140. The van der Waals surface area contributed by atoms with Crippen molar-refractivity contribution >= 4 is 6.09 Å². The summed E-state index contributed by atoms with van der Waals surface area (Å²) in [5, 5.41) is 0. The molecule has 1 aromatic carbocycles. The van der Waals surface area contributed by atoms with E-state index in [-0.39, 0.29) is 11.5 Å². The van der Waals surface area contributed by atoms with Gasteiger partial charge in [0.05, 0.1) is 0 Å². The molecule has 0 atom stereocenters. The zero-order valence-electron chi connectivity index (χ0n) is 14.1. The summed E-state index contributed by atoms with van der Waals surface area (Å²) in [5.74, 6) is 0. The van der Waals surface area contributed by atoms with Gasteiger partial charge in [-0.15, -0.1) is 0 Å². The average molecular weight is 292 g/mol. The van der Waals surface area contributed by atoms with Crippen molar-refractivity contribution in [3.05, 3.63) is 35.4 Å². The lowest BCUT2D eigenvalue weighted by atomic mass is 9.87. The fourth-order valence-corrected chi connectivity index (χ4v) is 1.80. The van der Waals surface area contributed by atoms with Crippen LogP contribution in [0.3, 0.4) is 0 Å². The maximum Gasteiger partial charge on any atom is 0.409 e. The number of likely N-dealkylation sites (N-methyl/N-ethyl adjacent to an activating group) is 2. The van der Waals surface area contributed by atoms with Crippen LogP contribution in [-0.4, -0.2) is 50.1 Å². The van der Waals surface area contributed by atoms with Gasteiger partial charge in [0.15, 0.2) is 0 Å². The highest BCUT2D eigenvalue weighted by molar-refractivity contribution is 5.67. The lowest BCUT2D eigenvalue weighted by Crippen LogP contribution is -2.33. The predicted molar refractivity (Wildman–Crippen MR) is 86.5 cm³/mol. The van der Waals surface area contributed by atoms with E-state index < -0.39 is 0 Å². The van der Waals surface area contributed by atoms with Crippen LogP contribution in [0.15, 0.2) is 24.3 Å². The van der Waals surface area contributed by atoms with Crippen LogP contribution in [0.5, 0.6) is 0 Å². The van der Waals surface area contributed by atoms with Crippen molar-refractivity contribution < 1.29 is 9.53 Å². The summed E-state index contributed by atoms with van der Waals surface area (Å²) in [6.45, 7) is 8.35. The molecule has 4 heteroatoms. The molecule has 118 valence electrons. The van der Waals surface area contributed by atoms with E-state index in [4.69, 9.17) is 4.74 Å². The molecule has 0 aliphatic carbocycles. The molecule has 0 aliphatic heterocycles. The van der Waals surface area contributed by atoms with Crippen LogP contribution in [-0.2, 0) is 16.8 Å². The van der Waals surface area contributed by atoms with Crippen molar-refractivity contribution in [3.63, 3.8) is 0 Å². The Balaban J connectivity index is 2.46. The minimum Gasteiger partial charge on any atom is -0.445 e. The first kappa shape index (κ1) is 17.5. The van der Waals surface area contributed by atoms with Crippen molar-refractivity contribution in [2.75, 3.05) is 34.2 Å². The van der Waals surface area contributed by atoms with E-state index in [2.05, 4.69) is 32.9 Å². The van der Waals surface area contributed by atoms with E-state index in [0.29, 0.717) is 13.2 Å². The number of benzene rings is 1. The summed E-state index contributed by atoms with van der Waals surface area (Å²) in [6.07, 6.45) is -0.281. The van der Waals surface area contributed by atoms with Crippen LogP contribution >= 0.6 is 0 Å². The molecule has 0 spiro atoms. The van der Waals surface area contributed by atoms with Gasteiger partial charge in [0.2, 0.25) is 0 Å². The molecular formula is C17H28N2O2. The van der Waals surface area contributed by atoms with Crippen molar-refractivity contribution in [1.82, 2.24) is 9.80 Å². The van der Waals surface area contributed by atoms with E-state index in [1.165, 1.54) is 5.56 Å². The van der Waals surface area contributed by atoms with E-state index in [1.807, 2.05) is 31.1 Å². The van der Waals surface area contributed by atoms with Gasteiger partial charge in [-0.05, 0) is 30.6 Å². The summed E-state index contributed by atoms with van der Waals surface area (Å²) < 4.78 is 5.32. The Morgan fingerprint density at radius 1 is 1.05 bits per heavy atom. The molecule has 0 aromatic heterocycles. The smallest absolute Gasteiger partial charge is 0.409 e. The van der Waals surface area contributed by atoms with Crippen molar-refractivity contribution in [2.24, 2.45) is 0 Å². The van der Waals surface area contributed by atoms with Crippen molar-refractivity contribution in [2.45, 2.75) is 32.8 Å². The molecule has 0 saturated carbocycles. The predicted octanol–water partition coefficient (Wildman–Crippen LogP) is 3.11. The Bertz CT molecular complexity index is 447. The molecule has 0 aliphatic rings. The van der Waals surface area contributed by atoms with Gasteiger partial charge < -0.3 is 14.5 Å². The molecule has 0 fully saturated rings. The molecule has 21 heavy (non-hydrogen) atoms. The molecule has 0 heterocycles. The number of carbonyl (C=O) groups is 1. The number of nitrogens with zero attached hydrogens (tertiary/aromatic N) is 2. The van der Waals surface area contributed by atoms with Crippen LogP contribution in [0.25, 0.3) is 0 Å². The van der Waals surface area contributed by atoms with Gasteiger partial charge in [-0.25, -0.2) is 4.79 Å². The molecule has 1 rings (SSSR count). The Morgan fingerprint density at radius 3 is 2.10 bits per heavy atom. The Labute approximate surface area is 128 Å². The van der Waals surface area contributed by atoms with Gasteiger partial charge in [-0.1, -0.05) is 45.0 Å². The normalized spacial score (nSPS) is 11.6. The third kappa shape index (κ3) is 6.17. The van der Waals surface area contributed by atoms with E-state index in [9.17, 15) is 4.79 Å². The number of rotatable bonds is 5. The average Bonchev–Trinajstić information content (AvgIpc) is 2.41. The fraction of sp³-hybridized carbons (Fsp3) is 0.588. The van der Waals surface area contributed by atoms with Gasteiger partial charge in [0.25, 0.3) is 0 Å². The summed E-state index contributed by atoms with van der Waals surface area (Å²) in [7, 11) is 5.72. The number of hydrogen-bond acceptors (Lipinski definition) is 3. The fourth-order valence-electron chi connectivity index (χ4n) is 1.80. The van der Waals surface area contributed by atoms with Crippen LogP contribution in [0, 0.1) is 0 Å². The third-order valence-electron chi connectivity index (χ3n) is 3.38. The zero-order chi connectivity index (χ0) is 16.0. The molecule has 0 unspecified atom stereocenters. The third-order valence-corrected chi connectivity index (χ3v) is 3.38. The van der Waals surface area contributed by atoms with Crippen LogP contribution in [0.2, 0.25) is 0 Å². The monoisotopic (exact) mass is 292 g/mol. The van der Waals surface area contributed by atoms with Crippen molar-refractivity contribution in [1.29, 1.82) is 0 Å². The number of amides is 1. The molecule has 4 nitrogen and oxygen atoms in total. The lowest BCUT2D eigenvalue weighted by molar-refractivity contribution is 0.102. The summed E-state index contributed by atoms with van der Waals surface area (Å²) in [4.78, 5) is 15.5. The van der Waals surface area contributed by atoms with Gasteiger partial charge in [-0.3, -0.25) is 0 Å². The maximum atomic E-state index is 11.8. The SMILES string of the molecule is CN(C)CCN(C)C(=O)OCc1ccc(C(C)(C)C)cc1. The number of carbonyl (C=O) groups excluding carboxylic acids is 1. The van der Waals surface area contributed by atoms with Crippen LogP contribution in [0.4, 0.5) is 4.79 Å². The molecule has 0 saturated heterocycles. The first-order valence-electron chi connectivity index (χ1n) is 7.32. The maximum absolute atomic E-state index is 11.8. The largest absolute Gasteiger partial charge is 0.445 e. The molecule has 1 aromatic rings. The first-order chi connectivity index (χ1) is 9.70. The van der Waals surface area contributed by atoms with Gasteiger partial charge in [0.1, 0.15) is 6.61 Å².